The molecule has 14 nitrogen and oxygen atoms in total. The first kappa shape index (κ1) is 30.7. The zero-order valence-corrected chi connectivity index (χ0v) is 23.5. The van der Waals surface area contributed by atoms with Crippen LogP contribution in [0.5, 0.6) is 0 Å². The Labute approximate surface area is 180 Å². The second-order valence-corrected chi connectivity index (χ2v) is 19.2. The van der Waals surface area contributed by atoms with Crippen molar-refractivity contribution in [3.63, 3.8) is 0 Å². The minimum absolute atomic E-state index is 1.56. The Bertz CT molecular complexity index is 700. The quantitative estimate of drug-likeness (QED) is 0.342. The molecule has 0 saturated carbocycles. The van der Waals surface area contributed by atoms with Gasteiger partial charge in [-0.1, -0.05) is 0 Å². The Balaban J connectivity index is 7.70. The second-order valence-electron chi connectivity index (χ2n) is 7.70. The van der Waals surface area contributed by atoms with Crippen LogP contribution in [0.4, 0.5) is 0 Å². The molecule has 0 aromatic rings. The molecular formula is C12H39N7O7P4. The van der Waals surface area contributed by atoms with Gasteiger partial charge in [-0.05, 0) is 0 Å². The summed E-state index contributed by atoms with van der Waals surface area (Å²) in [4.78, 5) is 28.7. The summed E-state index contributed by atoms with van der Waals surface area (Å²) in [5.74, 6) is 0. The van der Waals surface area contributed by atoms with E-state index in [1.54, 1.807) is 56.3 Å². The van der Waals surface area contributed by atoms with E-state index in [0.717, 1.165) is 0 Å². The third-order valence-corrected chi connectivity index (χ3v) is 17.7. The molecular weight excluding hydrogens is 478 g/mol. The maximum atomic E-state index is 12.8. The van der Waals surface area contributed by atoms with Gasteiger partial charge in [0.05, 0.1) is 0 Å². The van der Waals surface area contributed by atoms with E-state index in [0.29, 0.717) is 0 Å². The maximum absolute atomic E-state index is 12.8. The standard InChI is InChI=1S/C12H39N7O7P4/c1-14(2)27(15(3)4,16(5)6)13-30(17(7)8,18(9)10,19(11)12)26-29(23,24)25-28(20,21)22/h1-12H3,(H,23,24)(H2,20,21,22). The molecule has 0 spiro atoms. The van der Waals surface area contributed by atoms with Gasteiger partial charge < -0.3 is 0 Å². The number of hydrogen-bond acceptors (Lipinski definition) is 8. The molecule has 0 fully saturated rings. The van der Waals surface area contributed by atoms with E-state index < -0.39 is 30.6 Å². The molecule has 0 aliphatic heterocycles. The molecule has 1 atom stereocenters. The Morgan fingerprint density at radius 2 is 0.967 bits per heavy atom. The fraction of sp³-hybridized carbons (Fsp3) is 1.00. The van der Waals surface area contributed by atoms with Gasteiger partial charge in [0.15, 0.2) is 0 Å². The summed E-state index contributed by atoms with van der Waals surface area (Å²) < 4.78 is 49.7. The molecule has 3 N–H and O–H groups in total. The molecule has 184 valence electrons. The van der Waals surface area contributed by atoms with Gasteiger partial charge in [-0.3, -0.25) is 0 Å². The van der Waals surface area contributed by atoms with Crippen LogP contribution in [0.1, 0.15) is 0 Å². The van der Waals surface area contributed by atoms with Crippen LogP contribution in [-0.2, 0) is 17.8 Å². The molecule has 0 heterocycles. The van der Waals surface area contributed by atoms with Crippen molar-refractivity contribution in [3.05, 3.63) is 0 Å². The first-order chi connectivity index (χ1) is 13.1. The average molecular weight is 517 g/mol. The molecule has 1 unspecified atom stereocenters. The van der Waals surface area contributed by atoms with Crippen LogP contribution in [0.15, 0.2) is 4.52 Å². The fourth-order valence-electron chi connectivity index (χ4n) is 3.41. The summed E-state index contributed by atoms with van der Waals surface area (Å²) in [6.45, 7) is 0. The third kappa shape index (κ3) is 5.59. The molecule has 30 heavy (non-hydrogen) atoms. The van der Waals surface area contributed by atoms with Gasteiger partial charge in [0.2, 0.25) is 0 Å². The fourth-order valence-corrected chi connectivity index (χ4v) is 18.3. The molecule has 0 amide bonds. The molecule has 0 radical (unpaired) electrons. The van der Waals surface area contributed by atoms with E-state index >= 15 is 0 Å². The van der Waals surface area contributed by atoms with Gasteiger partial charge in [0.1, 0.15) is 0 Å². The minimum atomic E-state index is -5.34. The van der Waals surface area contributed by atoms with Crippen LogP contribution >= 0.6 is 30.6 Å². The number of hydrogen-bond donors (Lipinski definition) is 3. The van der Waals surface area contributed by atoms with E-state index in [1.807, 2.05) is 56.3 Å². The molecule has 0 aromatic heterocycles. The van der Waals surface area contributed by atoms with Gasteiger partial charge in [-0.15, -0.1) is 0 Å². The molecule has 18 heteroatoms. The Morgan fingerprint density at radius 3 is 1.17 bits per heavy atom. The van der Waals surface area contributed by atoms with E-state index in [9.17, 15) is 14.0 Å². The van der Waals surface area contributed by atoms with Crippen molar-refractivity contribution in [1.29, 1.82) is 0 Å². The van der Waals surface area contributed by atoms with Gasteiger partial charge in [-0.2, -0.15) is 0 Å². The molecule has 0 aromatic carbocycles. The summed E-state index contributed by atoms with van der Waals surface area (Å²) in [5, 5.41) is 0. The van der Waals surface area contributed by atoms with Crippen LogP contribution in [0.25, 0.3) is 0 Å². The Hall–Kier alpha value is 0.680. The van der Waals surface area contributed by atoms with Gasteiger partial charge >= 0.3 is 180 Å². The van der Waals surface area contributed by atoms with E-state index in [-0.39, 0.29) is 0 Å². The number of phosphoric acid groups is 2. The normalized spacial score (nSPS) is 17.8. The topological polar surface area (TPSA) is 145 Å². The van der Waals surface area contributed by atoms with E-state index in [2.05, 4.69) is 4.31 Å². The molecule has 0 saturated heterocycles. The van der Waals surface area contributed by atoms with Crippen molar-refractivity contribution >= 4 is 30.6 Å². The average Bonchev–Trinajstić information content (AvgIpc) is 2.46. The first-order valence-corrected chi connectivity index (χ1v) is 15.3. The van der Waals surface area contributed by atoms with Crippen molar-refractivity contribution in [3.8, 4) is 0 Å². The molecule has 0 bridgehead atoms. The summed E-state index contributed by atoms with van der Waals surface area (Å²) >= 11 is 0. The van der Waals surface area contributed by atoms with Crippen LogP contribution in [0.2, 0.25) is 0 Å². The third-order valence-electron chi connectivity index (χ3n) is 4.45. The Kier molecular flexibility index (Phi) is 10.1. The van der Waals surface area contributed by atoms with Crippen LogP contribution in [0, 0.1) is 0 Å². The summed E-state index contributed by atoms with van der Waals surface area (Å²) in [7, 11) is 2.71. The molecule has 0 rings (SSSR count). The van der Waals surface area contributed by atoms with Crippen molar-refractivity contribution in [2.45, 2.75) is 0 Å². The summed E-state index contributed by atoms with van der Waals surface area (Å²) in [6.07, 6.45) is 0. The SMILES string of the molecule is CN(C)P(=NP(OP(=O)(O)OP(=O)(O)O)(N(C)C)(N(C)C)N(C)C)(N(C)C)N(C)C. The zero-order valence-electron chi connectivity index (χ0n) is 19.9. The Morgan fingerprint density at radius 1 is 0.667 bits per heavy atom. The predicted molar refractivity (Wildman–Crippen MR) is 122 cm³/mol. The van der Waals surface area contributed by atoms with Crippen molar-refractivity contribution in [1.82, 2.24) is 28.0 Å². The number of rotatable bonds is 11. The first-order valence-electron chi connectivity index (χ1n) is 8.66. The van der Waals surface area contributed by atoms with Crippen molar-refractivity contribution in [2.24, 2.45) is 4.52 Å². The van der Waals surface area contributed by atoms with Crippen LogP contribution < -0.4 is 0 Å². The van der Waals surface area contributed by atoms with Crippen LogP contribution in [-0.4, -0.2) is 127 Å². The van der Waals surface area contributed by atoms with Crippen molar-refractivity contribution in [2.75, 3.05) is 84.6 Å². The molecule has 0 aliphatic carbocycles. The van der Waals surface area contributed by atoms with Crippen LogP contribution in [0.3, 0.4) is 0 Å². The summed E-state index contributed by atoms with van der Waals surface area (Å²) in [6, 6.07) is 0. The monoisotopic (exact) mass is 517 g/mol. The van der Waals surface area contributed by atoms with Gasteiger partial charge in [0.25, 0.3) is 0 Å². The number of nitrogens with zero attached hydrogens (tertiary/aromatic N) is 7. The predicted octanol–water partition coefficient (Wildman–Crippen LogP) is 1.66. The van der Waals surface area contributed by atoms with Gasteiger partial charge in [0, 0.05) is 0 Å². The van der Waals surface area contributed by atoms with Crippen molar-refractivity contribution < 1.29 is 32.4 Å². The second kappa shape index (κ2) is 9.89. The van der Waals surface area contributed by atoms with E-state index in [1.165, 1.54) is 0 Å². The van der Waals surface area contributed by atoms with E-state index in [4.69, 9.17) is 18.6 Å². The molecule has 0 aliphatic rings. The van der Waals surface area contributed by atoms with Gasteiger partial charge in [-0.25, -0.2) is 0 Å². The summed E-state index contributed by atoms with van der Waals surface area (Å²) in [5.41, 5.74) is 0. The zero-order chi connectivity index (χ0) is 24.5.